The zero-order chi connectivity index (χ0) is 22.7. The lowest BCUT2D eigenvalue weighted by atomic mass is 9.66. The van der Waals surface area contributed by atoms with Gasteiger partial charge in [-0.25, -0.2) is 0 Å². The number of hydrogen-bond acceptors (Lipinski definition) is 5. The van der Waals surface area contributed by atoms with Crippen LogP contribution in [-0.2, 0) is 0 Å². The van der Waals surface area contributed by atoms with E-state index in [0.717, 1.165) is 37.0 Å². The van der Waals surface area contributed by atoms with E-state index in [4.69, 9.17) is 14.2 Å². The maximum Gasteiger partial charge on any atom is 0.258 e. The number of ether oxygens (including phenoxy) is 3. The summed E-state index contributed by atoms with van der Waals surface area (Å²) in [6, 6.07) is 12.9. The number of benzene rings is 2. The zero-order valence-corrected chi connectivity index (χ0v) is 19.2. The number of carbonyl (C=O) groups excluding carboxylic acids is 1. The zero-order valence-electron chi connectivity index (χ0n) is 19.2. The maximum absolute atomic E-state index is 13.9. The Kier molecular flexibility index (Phi) is 6.60. The molecule has 1 saturated heterocycles. The molecule has 2 aromatic rings. The molecule has 0 radical (unpaired) electrons. The van der Waals surface area contributed by atoms with E-state index >= 15 is 0 Å². The van der Waals surface area contributed by atoms with Crippen LogP contribution >= 0.6 is 0 Å². The number of piperidine rings is 1. The van der Waals surface area contributed by atoms with Crippen molar-refractivity contribution in [2.75, 3.05) is 27.4 Å². The van der Waals surface area contributed by atoms with E-state index in [1.165, 1.54) is 0 Å². The van der Waals surface area contributed by atoms with Crippen molar-refractivity contribution in [3.63, 3.8) is 0 Å². The van der Waals surface area contributed by atoms with Crippen molar-refractivity contribution < 1.29 is 24.1 Å². The SMILES string of the molecule is CCOc1ccccc1[C@H]1[C@@H]2CCCC[C@@]2(O)CCN1C(=O)c1ccc(OC)cc1OC. The van der Waals surface area contributed by atoms with E-state index in [1.54, 1.807) is 32.4 Å². The van der Waals surface area contributed by atoms with Gasteiger partial charge in [-0.1, -0.05) is 31.0 Å². The van der Waals surface area contributed by atoms with Gasteiger partial charge in [0.1, 0.15) is 17.2 Å². The standard InChI is InChI=1S/C26H33NO5/c1-4-32-22-11-6-5-9-19(22)24-21-10-7-8-14-26(21,29)15-16-27(24)25(28)20-13-12-18(30-2)17-23(20)31-3/h5-6,9,11-13,17,21,24,29H,4,7-8,10,14-16H2,1-3H3/t21-,24-,26+/m0/s1. The molecule has 2 fully saturated rings. The average Bonchev–Trinajstić information content (AvgIpc) is 2.82. The number of methoxy groups -OCH3 is 2. The predicted octanol–water partition coefficient (Wildman–Crippen LogP) is 4.61. The van der Waals surface area contributed by atoms with Crippen LogP contribution in [0, 0.1) is 5.92 Å². The third kappa shape index (κ3) is 4.04. The van der Waals surface area contributed by atoms with Crippen molar-refractivity contribution >= 4 is 5.91 Å². The van der Waals surface area contributed by atoms with Crippen LogP contribution in [0.25, 0.3) is 0 Å². The topological polar surface area (TPSA) is 68.2 Å². The molecule has 0 aromatic heterocycles. The van der Waals surface area contributed by atoms with Gasteiger partial charge < -0.3 is 24.2 Å². The number of hydrogen-bond donors (Lipinski definition) is 1. The number of amides is 1. The Balaban J connectivity index is 1.79. The Labute approximate surface area is 190 Å². The van der Waals surface area contributed by atoms with Crippen LogP contribution in [-0.4, -0.2) is 48.9 Å². The van der Waals surface area contributed by atoms with Crippen molar-refractivity contribution in [3.05, 3.63) is 53.6 Å². The molecular formula is C26H33NO5. The number of likely N-dealkylation sites (tertiary alicyclic amines) is 1. The minimum atomic E-state index is -0.761. The van der Waals surface area contributed by atoms with Gasteiger partial charge in [0.05, 0.1) is 38.0 Å². The van der Waals surface area contributed by atoms with Crippen molar-refractivity contribution in [2.45, 2.75) is 50.7 Å². The number of nitrogens with zero attached hydrogens (tertiary/aromatic N) is 1. The summed E-state index contributed by atoms with van der Waals surface area (Å²) >= 11 is 0. The van der Waals surface area contributed by atoms with Crippen molar-refractivity contribution in [3.8, 4) is 17.2 Å². The molecular weight excluding hydrogens is 406 g/mol. The number of rotatable bonds is 6. The smallest absolute Gasteiger partial charge is 0.258 e. The molecule has 172 valence electrons. The molecule has 1 amide bonds. The van der Waals surface area contributed by atoms with Gasteiger partial charge in [-0.2, -0.15) is 0 Å². The summed E-state index contributed by atoms with van der Waals surface area (Å²) in [6.07, 6.45) is 4.31. The van der Waals surface area contributed by atoms with E-state index in [0.29, 0.717) is 36.6 Å². The summed E-state index contributed by atoms with van der Waals surface area (Å²) in [7, 11) is 3.15. The largest absolute Gasteiger partial charge is 0.497 e. The van der Waals surface area contributed by atoms with E-state index in [9.17, 15) is 9.90 Å². The van der Waals surface area contributed by atoms with Gasteiger partial charge in [-0.3, -0.25) is 4.79 Å². The van der Waals surface area contributed by atoms with Crippen LogP contribution in [0.5, 0.6) is 17.2 Å². The Hall–Kier alpha value is -2.73. The second-order valence-corrected chi connectivity index (χ2v) is 8.69. The van der Waals surface area contributed by atoms with Crippen molar-refractivity contribution in [1.82, 2.24) is 4.90 Å². The Bertz CT molecular complexity index is 961. The van der Waals surface area contributed by atoms with Crippen molar-refractivity contribution in [1.29, 1.82) is 0 Å². The molecule has 1 aliphatic carbocycles. The number of fused-ring (bicyclic) bond motifs is 1. The summed E-state index contributed by atoms with van der Waals surface area (Å²) in [5.74, 6) is 1.75. The average molecular weight is 440 g/mol. The second-order valence-electron chi connectivity index (χ2n) is 8.69. The predicted molar refractivity (Wildman–Crippen MR) is 122 cm³/mol. The first-order valence-corrected chi connectivity index (χ1v) is 11.5. The molecule has 4 rings (SSSR count). The molecule has 3 atom stereocenters. The van der Waals surface area contributed by atoms with E-state index in [-0.39, 0.29) is 17.9 Å². The number of carbonyl (C=O) groups is 1. The molecule has 0 unspecified atom stereocenters. The van der Waals surface area contributed by atoms with E-state index in [1.807, 2.05) is 36.1 Å². The maximum atomic E-state index is 13.9. The summed E-state index contributed by atoms with van der Waals surface area (Å²) in [5, 5.41) is 11.6. The lowest BCUT2D eigenvalue weighted by Gasteiger charge is -2.52. The van der Waals surface area contributed by atoms with E-state index < -0.39 is 5.60 Å². The van der Waals surface area contributed by atoms with Crippen LogP contribution in [0.15, 0.2) is 42.5 Å². The highest BCUT2D eigenvalue weighted by molar-refractivity contribution is 5.97. The lowest BCUT2D eigenvalue weighted by molar-refractivity contribution is -0.115. The second kappa shape index (κ2) is 9.41. The molecule has 6 heteroatoms. The van der Waals surface area contributed by atoms with Crippen LogP contribution < -0.4 is 14.2 Å². The molecule has 6 nitrogen and oxygen atoms in total. The molecule has 2 aromatic carbocycles. The van der Waals surface area contributed by atoms with Gasteiger partial charge in [0.2, 0.25) is 0 Å². The van der Waals surface area contributed by atoms with Crippen LogP contribution in [0.3, 0.4) is 0 Å². The normalized spacial score (nSPS) is 25.1. The highest BCUT2D eigenvalue weighted by Crippen LogP contribution is 2.51. The first-order valence-electron chi connectivity index (χ1n) is 11.5. The Morgan fingerprint density at radius 2 is 1.91 bits per heavy atom. The van der Waals surface area contributed by atoms with Gasteiger partial charge in [0, 0.05) is 24.1 Å². The Morgan fingerprint density at radius 1 is 1.09 bits per heavy atom. The van der Waals surface area contributed by atoms with Gasteiger partial charge in [-0.05, 0) is 44.4 Å². The fourth-order valence-corrected chi connectivity index (χ4v) is 5.44. The molecule has 1 aliphatic heterocycles. The van der Waals surface area contributed by atoms with E-state index in [2.05, 4.69) is 0 Å². The van der Waals surface area contributed by atoms with Crippen LogP contribution in [0.1, 0.15) is 61.0 Å². The Morgan fingerprint density at radius 3 is 2.66 bits per heavy atom. The van der Waals surface area contributed by atoms with Crippen molar-refractivity contribution in [2.24, 2.45) is 5.92 Å². The summed E-state index contributed by atoms with van der Waals surface area (Å²) in [6.45, 7) is 2.98. The summed E-state index contributed by atoms with van der Waals surface area (Å²) < 4.78 is 16.8. The fourth-order valence-electron chi connectivity index (χ4n) is 5.44. The fraction of sp³-hybridized carbons (Fsp3) is 0.500. The quantitative estimate of drug-likeness (QED) is 0.712. The molecule has 0 spiro atoms. The molecule has 1 heterocycles. The number of aliphatic hydroxyl groups is 1. The molecule has 32 heavy (non-hydrogen) atoms. The van der Waals surface area contributed by atoms with Crippen LogP contribution in [0.2, 0.25) is 0 Å². The van der Waals surface area contributed by atoms with Gasteiger partial charge >= 0.3 is 0 Å². The minimum absolute atomic E-state index is 0.0419. The third-order valence-electron chi connectivity index (χ3n) is 7.01. The molecule has 2 aliphatic rings. The molecule has 1 N–H and O–H groups in total. The first kappa shape index (κ1) is 22.5. The minimum Gasteiger partial charge on any atom is -0.497 e. The first-order chi connectivity index (χ1) is 15.5. The lowest BCUT2D eigenvalue weighted by Crippen LogP contribution is -2.56. The molecule has 0 bridgehead atoms. The van der Waals surface area contributed by atoms with Gasteiger partial charge in [-0.15, -0.1) is 0 Å². The highest BCUT2D eigenvalue weighted by atomic mass is 16.5. The van der Waals surface area contributed by atoms with Gasteiger partial charge in [0.25, 0.3) is 5.91 Å². The number of para-hydroxylation sites is 1. The monoisotopic (exact) mass is 439 g/mol. The summed E-state index contributed by atoms with van der Waals surface area (Å²) in [4.78, 5) is 15.8. The van der Waals surface area contributed by atoms with Gasteiger partial charge in [0.15, 0.2) is 0 Å². The van der Waals surface area contributed by atoms with Crippen LogP contribution in [0.4, 0.5) is 0 Å². The summed E-state index contributed by atoms with van der Waals surface area (Å²) in [5.41, 5.74) is 0.692. The highest BCUT2D eigenvalue weighted by Gasteiger charge is 2.51. The third-order valence-corrected chi connectivity index (χ3v) is 7.01. The molecule has 1 saturated carbocycles.